The molecule has 2 aromatic heterocycles. The van der Waals surface area contributed by atoms with Crippen LogP contribution in [0.15, 0.2) is 24.5 Å². The van der Waals surface area contributed by atoms with Crippen molar-refractivity contribution in [1.29, 1.82) is 5.26 Å². The molecule has 2 aromatic rings. The Hall–Kier alpha value is -1.86. The predicted molar refractivity (Wildman–Crippen MR) is 64.7 cm³/mol. The summed E-state index contributed by atoms with van der Waals surface area (Å²) in [6.07, 6.45) is 4.10. The summed E-state index contributed by atoms with van der Waals surface area (Å²) in [4.78, 5) is 4.01. The van der Waals surface area contributed by atoms with Crippen LogP contribution in [0, 0.1) is 11.3 Å². The lowest BCUT2D eigenvalue weighted by molar-refractivity contribution is 0.657. The van der Waals surface area contributed by atoms with Crippen LogP contribution in [0.1, 0.15) is 23.7 Å². The van der Waals surface area contributed by atoms with Gasteiger partial charge in [0.2, 0.25) is 0 Å². The third kappa shape index (κ3) is 2.45. The maximum atomic E-state index is 9.00. The third-order valence-electron chi connectivity index (χ3n) is 2.48. The highest BCUT2D eigenvalue weighted by Crippen LogP contribution is 2.18. The van der Waals surface area contributed by atoms with Crippen molar-refractivity contribution in [3.05, 3.63) is 46.5 Å². The smallest absolute Gasteiger partial charge is 0.165 e. The van der Waals surface area contributed by atoms with Gasteiger partial charge in [0.05, 0.1) is 0 Å². The number of nitriles is 1. The summed E-state index contributed by atoms with van der Waals surface area (Å²) in [7, 11) is 0. The number of hydrogen-bond donors (Lipinski definition) is 0. The second kappa shape index (κ2) is 4.98. The Morgan fingerprint density at radius 1 is 1.47 bits per heavy atom. The van der Waals surface area contributed by atoms with Crippen molar-refractivity contribution in [2.24, 2.45) is 0 Å². The third-order valence-corrected chi connectivity index (χ3v) is 2.82. The molecule has 86 valence electrons. The molecule has 0 bridgehead atoms. The first kappa shape index (κ1) is 11.6. The minimum Gasteiger partial charge on any atom is -0.271 e. The number of aromatic nitrogens is 3. The molecular formula is C12H11ClN4. The van der Waals surface area contributed by atoms with E-state index in [1.54, 1.807) is 10.9 Å². The van der Waals surface area contributed by atoms with Crippen LogP contribution in [-0.2, 0) is 13.0 Å². The zero-order valence-electron chi connectivity index (χ0n) is 9.39. The molecular weight excluding hydrogens is 236 g/mol. The van der Waals surface area contributed by atoms with Gasteiger partial charge in [-0.3, -0.25) is 4.68 Å². The van der Waals surface area contributed by atoms with Gasteiger partial charge in [0.15, 0.2) is 5.69 Å². The van der Waals surface area contributed by atoms with Gasteiger partial charge in [-0.1, -0.05) is 17.7 Å². The first-order valence-corrected chi connectivity index (χ1v) is 5.68. The SMILES string of the molecule is CCn1cc(Cc2cccnc2Cl)c(C#N)n1. The number of aryl methyl sites for hydroxylation is 1. The molecule has 17 heavy (non-hydrogen) atoms. The van der Waals surface area contributed by atoms with Crippen molar-refractivity contribution in [2.45, 2.75) is 19.9 Å². The van der Waals surface area contributed by atoms with Gasteiger partial charge >= 0.3 is 0 Å². The molecule has 0 atom stereocenters. The molecule has 4 nitrogen and oxygen atoms in total. The summed E-state index contributed by atoms with van der Waals surface area (Å²) in [6.45, 7) is 2.73. The van der Waals surface area contributed by atoms with E-state index in [1.807, 2.05) is 25.3 Å². The fourth-order valence-electron chi connectivity index (χ4n) is 1.60. The van der Waals surface area contributed by atoms with E-state index in [4.69, 9.17) is 16.9 Å². The summed E-state index contributed by atoms with van der Waals surface area (Å²) in [6, 6.07) is 5.83. The average molecular weight is 247 g/mol. The van der Waals surface area contributed by atoms with Gasteiger partial charge in [-0.15, -0.1) is 0 Å². The molecule has 0 spiro atoms. The van der Waals surface area contributed by atoms with Crippen molar-refractivity contribution in [3.8, 4) is 6.07 Å². The summed E-state index contributed by atoms with van der Waals surface area (Å²) in [5, 5.41) is 13.6. The highest BCUT2D eigenvalue weighted by molar-refractivity contribution is 6.30. The zero-order valence-corrected chi connectivity index (χ0v) is 10.1. The van der Waals surface area contributed by atoms with Crippen LogP contribution in [0.25, 0.3) is 0 Å². The number of rotatable bonds is 3. The number of nitrogens with zero attached hydrogens (tertiary/aromatic N) is 4. The summed E-state index contributed by atoms with van der Waals surface area (Å²) in [5.74, 6) is 0. The standard InChI is InChI=1S/C12H11ClN4/c1-2-17-8-10(11(7-14)16-17)6-9-4-3-5-15-12(9)13/h3-5,8H,2,6H2,1H3. The van der Waals surface area contributed by atoms with Gasteiger partial charge < -0.3 is 0 Å². The van der Waals surface area contributed by atoms with Gasteiger partial charge in [0.25, 0.3) is 0 Å². The normalized spacial score (nSPS) is 10.2. The van der Waals surface area contributed by atoms with E-state index in [2.05, 4.69) is 16.2 Å². The second-order valence-corrected chi connectivity index (χ2v) is 3.96. The lowest BCUT2D eigenvalue weighted by Crippen LogP contribution is -1.93. The van der Waals surface area contributed by atoms with Crippen LogP contribution in [0.5, 0.6) is 0 Å². The molecule has 0 aromatic carbocycles. The fourth-order valence-corrected chi connectivity index (χ4v) is 1.79. The first-order valence-electron chi connectivity index (χ1n) is 5.30. The van der Waals surface area contributed by atoms with E-state index in [-0.39, 0.29) is 0 Å². The maximum Gasteiger partial charge on any atom is 0.165 e. The Labute approximate surface area is 104 Å². The van der Waals surface area contributed by atoms with E-state index >= 15 is 0 Å². The Bertz CT molecular complexity index is 568. The fraction of sp³-hybridized carbons (Fsp3) is 0.250. The molecule has 0 saturated heterocycles. The van der Waals surface area contributed by atoms with Crippen LogP contribution in [-0.4, -0.2) is 14.8 Å². The zero-order chi connectivity index (χ0) is 12.3. The quantitative estimate of drug-likeness (QED) is 0.782. The highest BCUT2D eigenvalue weighted by Gasteiger charge is 2.10. The van der Waals surface area contributed by atoms with Gasteiger partial charge in [-0.05, 0) is 18.6 Å². The van der Waals surface area contributed by atoms with E-state index in [1.165, 1.54) is 0 Å². The Morgan fingerprint density at radius 3 is 2.94 bits per heavy atom. The Kier molecular flexibility index (Phi) is 3.40. The van der Waals surface area contributed by atoms with Gasteiger partial charge in [0, 0.05) is 30.9 Å². The molecule has 0 fully saturated rings. The summed E-state index contributed by atoms with van der Waals surface area (Å²) < 4.78 is 1.75. The van der Waals surface area contributed by atoms with Crippen molar-refractivity contribution >= 4 is 11.6 Å². The molecule has 2 rings (SSSR count). The first-order chi connectivity index (χ1) is 8.24. The van der Waals surface area contributed by atoms with Crippen LogP contribution >= 0.6 is 11.6 Å². The summed E-state index contributed by atoms with van der Waals surface area (Å²) >= 11 is 5.99. The van der Waals surface area contributed by atoms with Crippen LogP contribution in [0.3, 0.4) is 0 Å². The molecule has 0 unspecified atom stereocenters. The van der Waals surface area contributed by atoms with E-state index < -0.39 is 0 Å². The monoisotopic (exact) mass is 246 g/mol. The van der Waals surface area contributed by atoms with Gasteiger partial charge in [-0.25, -0.2) is 4.98 Å². The lowest BCUT2D eigenvalue weighted by Gasteiger charge is -2.00. The second-order valence-electron chi connectivity index (χ2n) is 3.60. The van der Waals surface area contributed by atoms with E-state index in [9.17, 15) is 0 Å². The summed E-state index contributed by atoms with van der Waals surface area (Å²) in [5.41, 5.74) is 2.23. The Morgan fingerprint density at radius 2 is 2.29 bits per heavy atom. The van der Waals surface area contributed by atoms with Crippen LogP contribution in [0.4, 0.5) is 0 Å². The molecule has 0 N–H and O–H groups in total. The van der Waals surface area contributed by atoms with E-state index in [0.29, 0.717) is 17.3 Å². The highest BCUT2D eigenvalue weighted by atomic mass is 35.5. The van der Waals surface area contributed by atoms with Crippen molar-refractivity contribution in [3.63, 3.8) is 0 Å². The number of pyridine rings is 1. The molecule has 0 aliphatic heterocycles. The molecule has 0 saturated carbocycles. The maximum absolute atomic E-state index is 9.00. The van der Waals surface area contributed by atoms with Crippen LogP contribution in [0.2, 0.25) is 5.15 Å². The molecule has 0 radical (unpaired) electrons. The molecule has 2 heterocycles. The average Bonchev–Trinajstić information content (AvgIpc) is 2.74. The van der Waals surface area contributed by atoms with Gasteiger partial charge in [0.1, 0.15) is 11.2 Å². The lowest BCUT2D eigenvalue weighted by atomic mass is 10.1. The van der Waals surface area contributed by atoms with Gasteiger partial charge in [-0.2, -0.15) is 10.4 Å². The molecule has 0 aliphatic carbocycles. The Balaban J connectivity index is 2.33. The number of hydrogen-bond acceptors (Lipinski definition) is 3. The van der Waals surface area contributed by atoms with Crippen molar-refractivity contribution in [2.75, 3.05) is 0 Å². The molecule has 5 heteroatoms. The number of halogens is 1. The predicted octanol–water partition coefficient (Wildman–Crippen LogP) is 2.41. The van der Waals surface area contributed by atoms with Crippen molar-refractivity contribution in [1.82, 2.24) is 14.8 Å². The topological polar surface area (TPSA) is 54.5 Å². The molecule has 0 aliphatic rings. The van der Waals surface area contributed by atoms with Crippen molar-refractivity contribution < 1.29 is 0 Å². The van der Waals surface area contributed by atoms with E-state index in [0.717, 1.165) is 17.7 Å². The minimum absolute atomic E-state index is 0.451. The minimum atomic E-state index is 0.451. The largest absolute Gasteiger partial charge is 0.271 e. The van der Waals surface area contributed by atoms with Crippen LogP contribution < -0.4 is 0 Å². The molecule has 0 amide bonds.